The van der Waals surface area contributed by atoms with Crippen molar-refractivity contribution in [2.75, 3.05) is 36.9 Å². The number of alkyl halides is 2. The molecule has 0 aromatic heterocycles. The molecule has 11 nitrogen and oxygen atoms in total. The number of carbonyl (C=O) groups is 3. The van der Waals surface area contributed by atoms with Gasteiger partial charge in [-0.15, -0.1) is 23.2 Å². The van der Waals surface area contributed by atoms with E-state index >= 15 is 0 Å². The van der Waals surface area contributed by atoms with Gasteiger partial charge in [0, 0.05) is 68.1 Å². The van der Waals surface area contributed by atoms with Crippen LogP contribution >= 0.6 is 23.2 Å². The number of rotatable bonds is 14. The molecule has 4 heterocycles. The van der Waals surface area contributed by atoms with Crippen LogP contribution in [0, 0.1) is 23.7 Å². The van der Waals surface area contributed by atoms with Gasteiger partial charge in [0.15, 0.2) is 11.9 Å². The lowest BCUT2D eigenvalue weighted by Crippen LogP contribution is -2.70. The molecule has 1 spiro atoms. The van der Waals surface area contributed by atoms with E-state index in [4.69, 9.17) is 51.9 Å². The van der Waals surface area contributed by atoms with Crippen molar-refractivity contribution in [1.82, 2.24) is 5.32 Å². The van der Waals surface area contributed by atoms with Crippen LogP contribution in [0.4, 0.5) is 5.69 Å². The van der Waals surface area contributed by atoms with Crippen LogP contribution in [0.1, 0.15) is 71.3 Å². The van der Waals surface area contributed by atoms with Crippen LogP contribution in [0.2, 0.25) is 0 Å². The second-order valence-electron chi connectivity index (χ2n) is 13.5. The van der Waals surface area contributed by atoms with Gasteiger partial charge >= 0.3 is 11.9 Å². The molecule has 6 rings (SSSR count). The summed E-state index contributed by atoms with van der Waals surface area (Å²) in [4.78, 5) is 52.4. The van der Waals surface area contributed by atoms with Gasteiger partial charge in [-0.25, -0.2) is 14.6 Å². The van der Waals surface area contributed by atoms with Gasteiger partial charge < -0.3 is 29.2 Å². The standard InChI is InChI=1S/C34H48Cl2N2O9/c1-21-8-13-26-22(2)31(44-32-34(26)25(21)14-15-33(3,45-32)46-47-34)43-29(40)7-5-6-28(39)37-27(30(41)42-4)20-23-9-11-24(12-10-23)38(18-16-35)19-17-36/h9-12,21-22,25-27,31-32H,5-8,13-20H2,1-4H3,(H,37,39)/t21-,22-,25+,26+,27+,31-,32-,33-,34-/m1/s1. The van der Waals surface area contributed by atoms with Crippen LogP contribution < -0.4 is 10.2 Å². The zero-order chi connectivity index (χ0) is 33.8. The SMILES string of the molecule is COC(=O)[C@H](Cc1ccc(N(CCCl)CCCl)cc1)NC(=O)CCCC(=O)O[C@@H]1O[C@@H]2O[C@@]3(C)CC[C@H]4[C@H](C)CC[C@@H]([C@H]1C)[C@@]24OO3. The maximum atomic E-state index is 13.0. The Kier molecular flexibility index (Phi) is 12.0. The lowest BCUT2D eigenvalue weighted by molar-refractivity contribution is -0.576. The van der Waals surface area contributed by atoms with Gasteiger partial charge in [-0.05, 0) is 62.1 Å². The molecule has 1 aromatic carbocycles. The van der Waals surface area contributed by atoms with Gasteiger partial charge in [-0.3, -0.25) is 9.59 Å². The van der Waals surface area contributed by atoms with E-state index in [1.165, 1.54) is 7.11 Å². The average molecular weight is 700 g/mol. The van der Waals surface area contributed by atoms with Crippen LogP contribution in [0.5, 0.6) is 0 Å². The van der Waals surface area contributed by atoms with Crippen molar-refractivity contribution in [2.45, 2.75) is 102 Å². The van der Waals surface area contributed by atoms with Crippen molar-refractivity contribution in [2.24, 2.45) is 23.7 Å². The van der Waals surface area contributed by atoms with E-state index in [9.17, 15) is 14.4 Å². The van der Waals surface area contributed by atoms with Crippen LogP contribution in [0.3, 0.4) is 0 Å². The van der Waals surface area contributed by atoms with Gasteiger partial charge in [0.25, 0.3) is 0 Å². The summed E-state index contributed by atoms with van der Waals surface area (Å²) in [6.07, 6.45) is 2.59. The molecule has 0 radical (unpaired) electrons. The lowest BCUT2D eigenvalue weighted by Gasteiger charge is -2.59. The second-order valence-corrected chi connectivity index (χ2v) is 14.3. The number of halogens is 2. The van der Waals surface area contributed by atoms with Crippen molar-refractivity contribution >= 4 is 46.7 Å². The van der Waals surface area contributed by atoms with E-state index < -0.39 is 41.9 Å². The summed E-state index contributed by atoms with van der Waals surface area (Å²) < 4.78 is 23.5. The van der Waals surface area contributed by atoms with E-state index in [2.05, 4.69) is 17.1 Å². The average Bonchev–Trinajstić information content (AvgIpc) is 3.28. The summed E-state index contributed by atoms with van der Waals surface area (Å²) in [5, 5.41) is 2.76. The zero-order valence-corrected chi connectivity index (χ0v) is 29.2. The van der Waals surface area contributed by atoms with Crippen molar-refractivity contribution in [3.63, 3.8) is 0 Å². The van der Waals surface area contributed by atoms with E-state index in [-0.39, 0.29) is 49.3 Å². The summed E-state index contributed by atoms with van der Waals surface area (Å²) >= 11 is 11.9. The molecule has 1 N–H and O–H groups in total. The molecule has 1 aliphatic carbocycles. The molecule has 0 unspecified atom stereocenters. The zero-order valence-electron chi connectivity index (χ0n) is 27.7. The third-order valence-electron chi connectivity index (χ3n) is 10.4. The molecule has 1 amide bonds. The molecule has 1 saturated carbocycles. The molecule has 13 heteroatoms. The van der Waals surface area contributed by atoms with Gasteiger partial charge in [0.05, 0.1) is 7.11 Å². The number of carbonyl (C=O) groups excluding carboxylic acids is 3. The minimum atomic E-state index is -0.915. The second kappa shape index (κ2) is 15.6. The number of esters is 2. The molecular weight excluding hydrogens is 651 g/mol. The Balaban J connectivity index is 1.12. The highest BCUT2D eigenvalue weighted by atomic mass is 35.5. The first-order chi connectivity index (χ1) is 22.5. The largest absolute Gasteiger partial charge is 0.467 e. The maximum Gasteiger partial charge on any atom is 0.328 e. The smallest absolute Gasteiger partial charge is 0.328 e. The van der Waals surface area contributed by atoms with Crippen LogP contribution in [0.25, 0.3) is 0 Å². The fourth-order valence-electron chi connectivity index (χ4n) is 7.84. The summed E-state index contributed by atoms with van der Waals surface area (Å²) in [6.45, 7) is 7.44. The van der Waals surface area contributed by atoms with Crippen molar-refractivity contribution in [3.05, 3.63) is 29.8 Å². The molecule has 9 atom stereocenters. The molecule has 5 aliphatic rings. The Labute approximate surface area is 287 Å². The number of amides is 1. The van der Waals surface area contributed by atoms with Crippen LogP contribution in [0.15, 0.2) is 24.3 Å². The number of ether oxygens (including phenoxy) is 4. The summed E-state index contributed by atoms with van der Waals surface area (Å²) in [5.74, 6) is -0.794. The normalized spacial score (nSPS) is 33.2. The Bertz CT molecular complexity index is 1250. The molecule has 4 saturated heterocycles. The number of anilines is 1. The van der Waals surface area contributed by atoms with Crippen LogP contribution in [-0.2, 0) is 49.5 Å². The van der Waals surface area contributed by atoms with Gasteiger partial charge in [-0.1, -0.05) is 26.0 Å². The first kappa shape index (κ1) is 36.1. The molecule has 5 fully saturated rings. The highest BCUT2D eigenvalue weighted by molar-refractivity contribution is 6.18. The first-order valence-electron chi connectivity index (χ1n) is 16.8. The highest BCUT2D eigenvalue weighted by Crippen LogP contribution is 2.60. The topological polar surface area (TPSA) is 122 Å². The van der Waals surface area contributed by atoms with Crippen molar-refractivity contribution in [1.29, 1.82) is 0 Å². The van der Waals surface area contributed by atoms with E-state index in [0.29, 0.717) is 37.2 Å². The minimum Gasteiger partial charge on any atom is -0.467 e. The Morgan fingerprint density at radius 2 is 1.74 bits per heavy atom. The summed E-state index contributed by atoms with van der Waals surface area (Å²) in [7, 11) is 1.28. The summed E-state index contributed by atoms with van der Waals surface area (Å²) in [5.41, 5.74) is 1.08. The highest BCUT2D eigenvalue weighted by Gasteiger charge is 2.69. The predicted octanol–water partition coefficient (Wildman–Crippen LogP) is 5.09. The fraction of sp³-hybridized carbons (Fsp3) is 0.735. The van der Waals surface area contributed by atoms with Gasteiger partial charge in [-0.2, -0.15) is 0 Å². The number of benzene rings is 1. The quantitative estimate of drug-likeness (QED) is 0.160. The summed E-state index contributed by atoms with van der Waals surface area (Å²) in [6, 6.07) is 6.80. The molecule has 2 bridgehead atoms. The third-order valence-corrected chi connectivity index (χ3v) is 10.7. The fourth-order valence-corrected chi connectivity index (χ4v) is 8.25. The molecular formula is C34H48Cl2N2O9. The molecule has 1 aromatic rings. The maximum absolute atomic E-state index is 13.0. The van der Waals surface area contributed by atoms with Crippen LogP contribution in [-0.4, -0.2) is 79.8 Å². The van der Waals surface area contributed by atoms with Gasteiger partial charge in [0.1, 0.15) is 6.04 Å². The Morgan fingerprint density at radius 1 is 1.02 bits per heavy atom. The van der Waals surface area contributed by atoms with E-state index in [1.807, 2.05) is 38.1 Å². The molecule has 262 valence electrons. The number of nitrogens with zero attached hydrogens (tertiary/aromatic N) is 1. The number of hydrogen-bond acceptors (Lipinski definition) is 10. The lowest BCUT2D eigenvalue weighted by atomic mass is 9.58. The van der Waals surface area contributed by atoms with E-state index in [1.54, 1.807) is 0 Å². The van der Waals surface area contributed by atoms with Crippen molar-refractivity contribution in [3.8, 4) is 0 Å². The first-order valence-corrected chi connectivity index (χ1v) is 17.8. The minimum absolute atomic E-state index is 0.0176. The Hall–Kier alpha value is -2.15. The molecule has 47 heavy (non-hydrogen) atoms. The van der Waals surface area contributed by atoms with E-state index in [0.717, 1.165) is 30.5 Å². The number of fused-ring (bicyclic) bond motifs is 2. The monoisotopic (exact) mass is 698 g/mol. The number of hydrogen-bond donors (Lipinski definition) is 1. The third kappa shape index (κ3) is 7.86. The number of methoxy groups -OCH3 is 1. The van der Waals surface area contributed by atoms with Gasteiger partial charge in [0.2, 0.25) is 18.0 Å². The predicted molar refractivity (Wildman–Crippen MR) is 175 cm³/mol. The Morgan fingerprint density at radius 3 is 2.43 bits per heavy atom. The van der Waals surface area contributed by atoms with Crippen molar-refractivity contribution < 1.29 is 43.1 Å². The number of nitrogens with one attached hydrogen (secondary N) is 1. The molecule has 4 aliphatic heterocycles.